The van der Waals surface area contributed by atoms with Crippen molar-refractivity contribution < 1.29 is 4.79 Å². The predicted octanol–water partition coefficient (Wildman–Crippen LogP) is 2.44. The number of carbonyl (C=O) groups is 1. The van der Waals surface area contributed by atoms with Crippen LogP contribution in [0.5, 0.6) is 0 Å². The van der Waals surface area contributed by atoms with Gasteiger partial charge in [0.25, 0.3) is 0 Å². The van der Waals surface area contributed by atoms with Gasteiger partial charge in [-0.05, 0) is 24.3 Å². The summed E-state index contributed by atoms with van der Waals surface area (Å²) in [5.41, 5.74) is 7.81. The molecule has 92 valence electrons. The number of aromatic nitrogens is 2. The van der Waals surface area contributed by atoms with Crippen molar-refractivity contribution >= 4 is 22.4 Å². The lowest BCUT2D eigenvalue weighted by Gasteiger charge is -2.06. The topological polar surface area (TPSA) is 68.9 Å². The minimum Gasteiger partial charge on any atom is -0.397 e. The van der Waals surface area contributed by atoms with Crippen LogP contribution in [0.15, 0.2) is 54.9 Å². The molecule has 19 heavy (non-hydrogen) atoms. The van der Waals surface area contributed by atoms with E-state index in [0.717, 1.165) is 10.9 Å². The number of nitrogens with two attached hydrogens (primary N) is 1. The van der Waals surface area contributed by atoms with Gasteiger partial charge in [-0.25, -0.2) is 0 Å². The van der Waals surface area contributed by atoms with Crippen LogP contribution >= 0.6 is 0 Å². The zero-order valence-electron chi connectivity index (χ0n) is 10.1. The highest BCUT2D eigenvalue weighted by atomic mass is 16.1. The largest absolute Gasteiger partial charge is 0.397 e. The van der Waals surface area contributed by atoms with Gasteiger partial charge in [-0.1, -0.05) is 18.2 Å². The van der Waals surface area contributed by atoms with Crippen molar-refractivity contribution in [1.82, 2.24) is 9.97 Å². The number of hydrogen-bond donors (Lipinski definition) is 1. The van der Waals surface area contributed by atoms with Crippen LogP contribution in [0.1, 0.15) is 16.1 Å². The Hall–Kier alpha value is -2.75. The Labute approximate surface area is 109 Å². The number of nitrogen functional groups attached to an aromatic ring is 1. The van der Waals surface area contributed by atoms with E-state index in [2.05, 4.69) is 9.97 Å². The normalized spacial score (nSPS) is 10.5. The summed E-state index contributed by atoms with van der Waals surface area (Å²) in [4.78, 5) is 20.8. The van der Waals surface area contributed by atoms with Gasteiger partial charge < -0.3 is 5.73 Å². The maximum absolute atomic E-state index is 12.5. The number of fused-ring (bicyclic) bond motifs is 1. The maximum atomic E-state index is 12.5. The van der Waals surface area contributed by atoms with Gasteiger partial charge in [-0.3, -0.25) is 14.8 Å². The zero-order chi connectivity index (χ0) is 13.2. The van der Waals surface area contributed by atoms with Gasteiger partial charge in [-0.15, -0.1) is 0 Å². The molecule has 0 bridgehead atoms. The third kappa shape index (κ3) is 1.93. The molecule has 0 aliphatic carbocycles. The Balaban J connectivity index is 2.20. The van der Waals surface area contributed by atoms with Crippen molar-refractivity contribution in [3.63, 3.8) is 0 Å². The molecule has 0 atom stereocenters. The number of hydrogen-bond acceptors (Lipinski definition) is 4. The molecule has 0 radical (unpaired) electrons. The Morgan fingerprint density at radius 3 is 2.58 bits per heavy atom. The number of benzene rings is 1. The van der Waals surface area contributed by atoms with Crippen molar-refractivity contribution in [2.45, 2.75) is 0 Å². The fourth-order valence-electron chi connectivity index (χ4n) is 2.04. The summed E-state index contributed by atoms with van der Waals surface area (Å²) in [7, 11) is 0. The minimum atomic E-state index is -0.184. The second-order valence-corrected chi connectivity index (χ2v) is 4.15. The second-order valence-electron chi connectivity index (χ2n) is 4.15. The molecule has 0 saturated heterocycles. The molecule has 3 aromatic rings. The van der Waals surface area contributed by atoms with E-state index in [4.69, 9.17) is 5.73 Å². The van der Waals surface area contributed by atoms with E-state index in [1.807, 2.05) is 18.2 Å². The summed E-state index contributed by atoms with van der Waals surface area (Å²) >= 11 is 0. The molecule has 4 heteroatoms. The maximum Gasteiger partial charge on any atom is 0.214 e. The van der Waals surface area contributed by atoms with Crippen LogP contribution in [0.4, 0.5) is 5.69 Å². The van der Waals surface area contributed by atoms with Crippen LogP contribution in [-0.4, -0.2) is 15.8 Å². The van der Waals surface area contributed by atoms with Gasteiger partial charge in [0.2, 0.25) is 5.78 Å². The zero-order valence-corrected chi connectivity index (χ0v) is 10.1. The van der Waals surface area contributed by atoms with E-state index >= 15 is 0 Å². The summed E-state index contributed by atoms with van der Waals surface area (Å²) in [5, 5.41) is 0.806. The Morgan fingerprint density at radius 2 is 1.74 bits per heavy atom. The van der Waals surface area contributed by atoms with Crippen molar-refractivity contribution in [3.8, 4) is 0 Å². The van der Waals surface area contributed by atoms with Crippen molar-refractivity contribution in [3.05, 3.63) is 66.1 Å². The lowest BCUT2D eigenvalue weighted by atomic mass is 10.0. The Bertz CT molecular complexity index is 763. The first-order valence-corrected chi connectivity index (χ1v) is 5.86. The Kier molecular flexibility index (Phi) is 2.68. The first-order chi connectivity index (χ1) is 9.27. The van der Waals surface area contributed by atoms with Gasteiger partial charge in [0.1, 0.15) is 5.69 Å². The third-order valence-corrected chi connectivity index (χ3v) is 2.94. The molecular weight excluding hydrogens is 238 g/mol. The monoisotopic (exact) mass is 249 g/mol. The predicted molar refractivity (Wildman–Crippen MR) is 73.8 cm³/mol. The van der Waals surface area contributed by atoms with Crippen molar-refractivity contribution in [2.75, 3.05) is 5.73 Å². The first kappa shape index (κ1) is 11.3. The fourth-order valence-corrected chi connectivity index (χ4v) is 2.04. The highest BCUT2D eigenvalue weighted by molar-refractivity contribution is 6.17. The van der Waals surface area contributed by atoms with E-state index in [1.165, 1.54) is 0 Å². The number of pyridine rings is 2. The summed E-state index contributed by atoms with van der Waals surface area (Å²) in [5.74, 6) is -0.184. The average molecular weight is 249 g/mol. The molecule has 0 aliphatic heterocycles. The van der Waals surface area contributed by atoms with Crippen LogP contribution < -0.4 is 5.73 Å². The number of nitrogens with zero attached hydrogens (tertiary/aromatic N) is 2. The molecule has 0 aliphatic rings. The summed E-state index contributed by atoms with van der Waals surface area (Å²) in [6.45, 7) is 0. The number of rotatable bonds is 2. The summed E-state index contributed by atoms with van der Waals surface area (Å²) < 4.78 is 0. The van der Waals surface area contributed by atoms with Crippen molar-refractivity contribution in [1.29, 1.82) is 0 Å². The molecule has 2 N–H and O–H groups in total. The fraction of sp³-hybridized carbons (Fsp3) is 0. The first-order valence-electron chi connectivity index (χ1n) is 5.86. The molecule has 2 aromatic heterocycles. The molecule has 0 saturated carbocycles. The molecule has 4 nitrogen and oxygen atoms in total. The lowest BCUT2D eigenvalue weighted by molar-refractivity contribution is 0.103. The van der Waals surface area contributed by atoms with Gasteiger partial charge in [0.15, 0.2) is 0 Å². The van der Waals surface area contributed by atoms with Gasteiger partial charge in [0, 0.05) is 23.3 Å². The van der Waals surface area contributed by atoms with Crippen LogP contribution in [0.2, 0.25) is 0 Å². The summed E-state index contributed by atoms with van der Waals surface area (Å²) in [6.07, 6.45) is 3.26. The van der Waals surface area contributed by atoms with Crippen LogP contribution in [-0.2, 0) is 0 Å². The highest BCUT2D eigenvalue weighted by Gasteiger charge is 2.16. The van der Waals surface area contributed by atoms with E-state index in [9.17, 15) is 4.79 Å². The van der Waals surface area contributed by atoms with Crippen LogP contribution in [0.25, 0.3) is 10.9 Å². The molecule has 0 amide bonds. The molecular formula is C15H11N3O. The standard InChI is InChI=1S/C15H11N3O/c16-12-6-3-9-18-14(12)15(19)11-4-1-7-13-10(11)5-2-8-17-13/h1-9H,16H2. The van der Waals surface area contributed by atoms with E-state index < -0.39 is 0 Å². The van der Waals surface area contributed by atoms with E-state index in [-0.39, 0.29) is 11.5 Å². The number of carbonyl (C=O) groups excluding carboxylic acids is 1. The molecule has 3 rings (SSSR count). The number of ketones is 1. The Morgan fingerprint density at radius 1 is 0.947 bits per heavy atom. The molecule has 1 aromatic carbocycles. The minimum absolute atomic E-state index is 0.184. The van der Waals surface area contributed by atoms with Gasteiger partial charge in [0.05, 0.1) is 11.2 Å². The van der Waals surface area contributed by atoms with Crippen LogP contribution in [0, 0.1) is 0 Å². The van der Waals surface area contributed by atoms with Crippen LogP contribution in [0.3, 0.4) is 0 Å². The molecule has 0 unspecified atom stereocenters. The summed E-state index contributed by atoms with van der Waals surface area (Å²) in [6, 6.07) is 12.5. The molecule has 0 spiro atoms. The molecule has 2 heterocycles. The SMILES string of the molecule is Nc1cccnc1C(=O)c1cccc2ncccc12. The van der Waals surface area contributed by atoms with E-state index in [0.29, 0.717) is 11.3 Å². The highest BCUT2D eigenvalue weighted by Crippen LogP contribution is 2.21. The average Bonchev–Trinajstić information content (AvgIpc) is 2.46. The number of anilines is 1. The second kappa shape index (κ2) is 4.49. The quantitative estimate of drug-likeness (QED) is 0.708. The lowest BCUT2D eigenvalue weighted by Crippen LogP contribution is -2.08. The van der Waals surface area contributed by atoms with Crippen molar-refractivity contribution in [2.24, 2.45) is 0 Å². The van der Waals surface area contributed by atoms with E-state index in [1.54, 1.807) is 36.7 Å². The molecule has 0 fully saturated rings. The van der Waals surface area contributed by atoms with Gasteiger partial charge >= 0.3 is 0 Å². The third-order valence-electron chi connectivity index (χ3n) is 2.94. The van der Waals surface area contributed by atoms with Gasteiger partial charge in [-0.2, -0.15) is 0 Å². The smallest absolute Gasteiger partial charge is 0.214 e.